The Hall–Kier alpha value is -2.37. The van der Waals surface area contributed by atoms with Gasteiger partial charge in [-0.2, -0.15) is 0 Å². The van der Waals surface area contributed by atoms with Crippen molar-refractivity contribution < 1.29 is 10.0 Å². The first-order valence-electron chi connectivity index (χ1n) is 8.80. The number of nitrogens with zero attached hydrogens (tertiary/aromatic N) is 1. The van der Waals surface area contributed by atoms with Crippen molar-refractivity contribution in [1.82, 2.24) is 10.8 Å². The smallest absolute Gasteiger partial charge is 0.254 e. The predicted molar refractivity (Wildman–Crippen MR) is 99.8 cm³/mol. The quantitative estimate of drug-likeness (QED) is 0.448. The highest BCUT2D eigenvalue weighted by Crippen LogP contribution is 2.30. The molecule has 0 saturated carbocycles. The third kappa shape index (κ3) is 4.38. The van der Waals surface area contributed by atoms with E-state index in [2.05, 4.69) is 34.5 Å². The molecular weight excluding hydrogens is 314 g/mol. The van der Waals surface area contributed by atoms with E-state index < -0.39 is 5.92 Å². The van der Waals surface area contributed by atoms with Gasteiger partial charge in [-0.05, 0) is 30.5 Å². The Morgan fingerprint density at radius 3 is 2.56 bits per heavy atom. The zero-order valence-electron chi connectivity index (χ0n) is 14.3. The van der Waals surface area contributed by atoms with Gasteiger partial charge in [-0.25, -0.2) is 5.48 Å². The Bertz CT molecular complexity index is 671. The van der Waals surface area contributed by atoms with Gasteiger partial charge in [0.05, 0.1) is 5.92 Å². The molecule has 0 spiro atoms. The van der Waals surface area contributed by atoms with E-state index in [9.17, 15) is 10.0 Å². The first-order valence-corrected chi connectivity index (χ1v) is 8.80. The molecule has 1 heterocycles. The van der Waals surface area contributed by atoms with E-state index in [1.807, 2.05) is 35.8 Å². The van der Waals surface area contributed by atoms with Gasteiger partial charge in [0.15, 0.2) is 0 Å². The standard InChI is InChI=1S/C20H25N3O2/c24-20(22-25)19(16-6-4-2-1-3-5-7-16)17-8-10-18(11-9-17)23-14-12-21-13-15-23/h1-4,7-11,19,21,25H,5-6,12-15H2,(H,22,24)/b3-1-,4-2-,16-7?. The molecule has 2 aliphatic rings. The van der Waals surface area contributed by atoms with Gasteiger partial charge in [0.25, 0.3) is 5.91 Å². The van der Waals surface area contributed by atoms with E-state index in [0.717, 1.165) is 43.7 Å². The third-order valence-electron chi connectivity index (χ3n) is 4.70. The largest absolute Gasteiger partial charge is 0.369 e. The highest BCUT2D eigenvalue weighted by molar-refractivity contribution is 5.86. The summed E-state index contributed by atoms with van der Waals surface area (Å²) >= 11 is 0. The molecule has 1 aliphatic carbocycles. The van der Waals surface area contributed by atoms with Crippen molar-refractivity contribution in [3.05, 3.63) is 65.8 Å². The number of hydrogen-bond donors (Lipinski definition) is 3. The van der Waals surface area contributed by atoms with Crippen LogP contribution in [-0.4, -0.2) is 37.3 Å². The van der Waals surface area contributed by atoms with Crippen LogP contribution in [0.1, 0.15) is 24.3 Å². The SMILES string of the molecule is O=C(NO)C(C1=CC/C=C\C=C/C1)c1ccc(N2CCNCC2)cc1. The van der Waals surface area contributed by atoms with Crippen LogP contribution >= 0.6 is 0 Å². The number of carbonyl (C=O) groups is 1. The fourth-order valence-electron chi connectivity index (χ4n) is 3.38. The highest BCUT2D eigenvalue weighted by atomic mass is 16.5. The number of rotatable bonds is 4. The number of anilines is 1. The van der Waals surface area contributed by atoms with Crippen molar-refractivity contribution in [2.24, 2.45) is 0 Å². The minimum Gasteiger partial charge on any atom is -0.369 e. The summed E-state index contributed by atoms with van der Waals surface area (Å²) < 4.78 is 0. The molecule has 1 fully saturated rings. The summed E-state index contributed by atoms with van der Waals surface area (Å²) in [6, 6.07) is 8.13. The Balaban J connectivity index is 1.84. The minimum absolute atomic E-state index is 0.390. The van der Waals surface area contributed by atoms with Crippen molar-refractivity contribution in [2.75, 3.05) is 31.1 Å². The zero-order valence-corrected chi connectivity index (χ0v) is 14.3. The van der Waals surface area contributed by atoms with Gasteiger partial charge in [-0.3, -0.25) is 10.0 Å². The second-order valence-corrected chi connectivity index (χ2v) is 6.31. The molecule has 132 valence electrons. The molecule has 5 heteroatoms. The molecule has 1 aromatic carbocycles. The van der Waals surface area contributed by atoms with E-state index in [0.29, 0.717) is 6.42 Å². The summed E-state index contributed by atoms with van der Waals surface area (Å²) in [6.07, 6.45) is 11.6. The topological polar surface area (TPSA) is 64.6 Å². The lowest BCUT2D eigenvalue weighted by Crippen LogP contribution is -2.43. The monoisotopic (exact) mass is 339 g/mol. The molecule has 1 atom stereocenters. The molecule has 0 radical (unpaired) electrons. The molecule has 3 rings (SSSR count). The summed E-state index contributed by atoms with van der Waals surface area (Å²) in [5, 5.41) is 12.6. The molecule has 3 N–H and O–H groups in total. The summed E-state index contributed by atoms with van der Waals surface area (Å²) in [5.74, 6) is -0.864. The molecule has 5 nitrogen and oxygen atoms in total. The predicted octanol–water partition coefficient (Wildman–Crippen LogP) is 2.52. The summed E-state index contributed by atoms with van der Waals surface area (Å²) in [7, 11) is 0. The van der Waals surface area contributed by atoms with Gasteiger partial charge in [0.1, 0.15) is 0 Å². The normalized spacial score (nSPS) is 21.5. The lowest BCUT2D eigenvalue weighted by Gasteiger charge is -2.30. The number of carbonyl (C=O) groups excluding carboxylic acids is 1. The number of amides is 1. The maximum Gasteiger partial charge on any atom is 0.254 e. The maximum atomic E-state index is 12.3. The molecular formula is C20H25N3O2. The molecule has 1 unspecified atom stereocenters. The highest BCUT2D eigenvalue weighted by Gasteiger charge is 2.24. The number of benzene rings is 1. The second-order valence-electron chi connectivity index (χ2n) is 6.31. The van der Waals surface area contributed by atoms with Gasteiger partial charge in [0, 0.05) is 31.9 Å². The lowest BCUT2D eigenvalue weighted by atomic mass is 9.87. The number of hydroxylamine groups is 1. The lowest BCUT2D eigenvalue weighted by molar-refractivity contribution is -0.129. The van der Waals surface area contributed by atoms with Gasteiger partial charge in [-0.1, -0.05) is 48.1 Å². The van der Waals surface area contributed by atoms with E-state index in [1.165, 1.54) is 5.69 Å². The molecule has 1 amide bonds. The molecule has 0 aromatic heterocycles. The van der Waals surface area contributed by atoms with Crippen LogP contribution in [-0.2, 0) is 4.79 Å². The van der Waals surface area contributed by atoms with Gasteiger partial charge in [0.2, 0.25) is 0 Å². The van der Waals surface area contributed by atoms with Crippen LogP contribution in [0.2, 0.25) is 0 Å². The molecule has 1 aliphatic heterocycles. The Labute approximate surface area is 148 Å². The zero-order chi connectivity index (χ0) is 17.5. The van der Waals surface area contributed by atoms with Crippen molar-refractivity contribution >= 4 is 11.6 Å². The van der Waals surface area contributed by atoms with Crippen LogP contribution in [0.15, 0.2) is 60.2 Å². The average molecular weight is 339 g/mol. The van der Waals surface area contributed by atoms with E-state index in [-0.39, 0.29) is 5.91 Å². The van der Waals surface area contributed by atoms with Crippen LogP contribution in [0.3, 0.4) is 0 Å². The maximum absolute atomic E-state index is 12.3. The van der Waals surface area contributed by atoms with Crippen LogP contribution in [0.5, 0.6) is 0 Å². The van der Waals surface area contributed by atoms with Gasteiger partial charge >= 0.3 is 0 Å². The van der Waals surface area contributed by atoms with Crippen LogP contribution in [0.4, 0.5) is 5.69 Å². The minimum atomic E-state index is -0.474. The van der Waals surface area contributed by atoms with E-state index in [1.54, 1.807) is 0 Å². The second kappa shape index (κ2) is 8.65. The number of piperazine rings is 1. The Kier molecular flexibility index (Phi) is 6.04. The van der Waals surface area contributed by atoms with E-state index in [4.69, 9.17) is 0 Å². The van der Waals surface area contributed by atoms with Crippen LogP contribution in [0, 0.1) is 0 Å². The van der Waals surface area contributed by atoms with Crippen molar-refractivity contribution in [3.63, 3.8) is 0 Å². The van der Waals surface area contributed by atoms with Crippen LogP contribution in [0.25, 0.3) is 0 Å². The number of hydrogen-bond acceptors (Lipinski definition) is 4. The van der Waals surface area contributed by atoms with Gasteiger partial charge < -0.3 is 10.2 Å². The summed E-state index contributed by atoms with van der Waals surface area (Å²) in [4.78, 5) is 14.7. The fourth-order valence-corrected chi connectivity index (χ4v) is 3.38. The number of nitrogens with one attached hydrogen (secondary N) is 2. The van der Waals surface area contributed by atoms with E-state index >= 15 is 0 Å². The van der Waals surface area contributed by atoms with Crippen molar-refractivity contribution in [1.29, 1.82) is 0 Å². The third-order valence-corrected chi connectivity index (χ3v) is 4.70. The summed E-state index contributed by atoms with van der Waals surface area (Å²) in [6.45, 7) is 3.96. The molecule has 0 bridgehead atoms. The Morgan fingerprint density at radius 2 is 1.84 bits per heavy atom. The molecule has 25 heavy (non-hydrogen) atoms. The molecule has 1 saturated heterocycles. The summed E-state index contributed by atoms with van der Waals surface area (Å²) in [5.41, 5.74) is 4.90. The van der Waals surface area contributed by atoms with Gasteiger partial charge in [-0.15, -0.1) is 0 Å². The number of allylic oxidation sites excluding steroid dienone is 5. The average Bonchev–Trinajstić information content (AvgIpc) is 2.64. The first kappa shape index (κ1) is 17.5. The van der Waals surface area contributed by atoms with Crippen LogP contribution < -0.4 is 15.7 Å². The Morgan fingerprint density at radius 1 is 1.12 bits per heavy atom. The van der Waals surface area contributed by atoms with Crippen molar-refractivity contribution in [3.8, 4) is 0 Å². The first-order chi connectivity index (χ1) is 12.3. The fraction of sp³-hybridized carbons (Fsp3) is 0.350. The molecule has 1 aromatic rings. The van der Waals surface area contributed by atoms with Crippen molar-refractivity contribution in [2.45, 2.75) is 18.8 Å².